The van der Waals surface area contributed by atoms with Crippen molar-refractivity contribution < 1.29 is 9.18 Å². The fraction of sp³-hybridized carbons (Fsp3) is 0.278. The highest BCUT2D eigenvalue weighted by Crippen LogP contribution is 2.14. The molecule has 6 heteroatoms. The topological polar surface area (TPSA) is 59.8 Å². The van der Waals surface area contributed by atoms with E-state index in [1.165, 1.54) is 24.3 Å². The van der Waals surface area contributed by atoms with Gasteiger partial charge in [0.25, 0.3) is 5.91 Å². The highest BCUT2D eigenvalue weighted by atomic mass is 19.1. The third kappa shape index (κ3) is 3.42. The van der Waals surface area contributed by atoms with Crippen molar-refractivity contribution in [2.75, 3.05) is 6.54 Å². The summed E-state index contributed by atoms with van der Waals surface area (Å²) in [5.74, 6) is 0.337. The normalized spacial score (nSPS) is 10.9. The Balaban J connectivity index is 1.68. The number of pyridine rings is 1. The minimum atomic E-state index is -0.354. The molecule has 0 radical (unpaired) electrons. The minimum absolute atomic E-state index is 0.216. The monoisotopic (exact) mass is 326 g/mol. The van der Waals surface area contributed by atoms with Gasteiger partial charge in [0.2, 0.25) is 0 Å². The summed E-state index contributed by atoms with van der Waals surface area (Å²) in [7, 11) is 0. The molecule has 0 bridgehead atoms. The summed E-state index contributed by atoms with van der Waals surface area (Å²) in [4.78, 5) is 21.1. The van der Waals surface area contributed by atoms with Gasteiger partial charge in [-0.15, -0.1) is 0 Å². The average molecular weight is 326 g/mol. The van der Waals surface area contributed by atoms with Crippen LogP contribution in [-0.2, 0) is 13.0 Å². The van der Waals surface area contributed by atoms with Crippen molar-refractivity contribution in [2.24, 2.45) is 0 Å². The first-order chi connectivity index (χ1) is 11.7. The fourth-order valence-electron chi connectivity index (χ4n) is 2.65. The summed E-state index contributed by atoms with van der Waals surface area (Å²) >= 11 is 0. The molecule has 3 rings (SSSR count). The maximum atomic E-state index is 12.9. The van der Waals surface area contributed by atoms with Crippen LogP contribution in [0.3, 0.4) is 0 Å². The number of halogens is 1. The Kier molecular flexibility index (Phi) is 4.84. The number of aromatic nitrogens is 3. The number of amides is 1. The van der Waals surface area contributed by atoms with E-state index in [1.807, 2.05) is 12.1 Å². The number of benzene rings is 1. The van der Waals surface area contributed by atoms with Gasteiger partial charge in [-0.05, 0) is 42.8 Å². The summed E-state index contributed by atoms with van der Waals surface area (Å²) in [6, 6.07) is 9.31. The van der Waals surface area contributed by atoms with E-state index < -0.39 is 0 Å². The van der Waals surface area contributed by atoms with Crippen molar-refractivity contribution in [3.63, 3.8) is 0 Å². The summed E-state index contributed by atoms with van der Waals surface area (Å²) in [5.41, 5.74) is 2.19. The minimum Gasteiger partial charge on any atom is -0.352 e. The smallest absolute Gasteiger partial charge is 0.251 e. The fourth-order valence-corrected chi connectivity index (χ4v) is 2.65. The van der Waals surface area contributed by atoms with E-state index in [0.717, 1.165) is 30.0 Å². The number of hydrogen-bond donors (Lipinski definition) is 1. The molecule has 1 aromatic carbocycles. The molecular weight excluding hydrogens is 307 g/mol. The second kappa shape index (κ2) is 7.21. The van der Waals surface area contributed by atoms with Gasteiger partial charge in [0.1, 0.15) is 17.2 Å². The summed E-state index contributed by atoms with van der Waals surface area (Å²) < 4.78 is 15.0. The van der Waals surface area contributed by atoms with Gasteiger partial charge in [0.05, 0.1) is 0 Å². The van der Waals surface area contributed by atoms with E-state index in [1.54, 1.807) is 6.20 Å². The van der Waals surface area contributed by atoms with Gasteiger partial charge in [0, 0.05) is 31.3 Å². The first kappa shape index (κ1) is 16.1. The van der Waals surface area contributed by atoms with Crippen LogP contribution in [0.5, 0.6) is 0 Å². The van der Waals surface area contributed by atoms with Gasteiger partial charge < -0.3 is 9.88 Å². The Labute approximate surface area is 139 Å². The lowest BCUT2D eigenvalue weighted by atomic mass is 10.2. The number of carbonyl (C=O) groups excluding carboxylic acids is 1. The molecule has 0 spiro atoms. The zero-order valence-corrected chi connectivity index (χ0v) is 13.5. The van der Waals surface area contributed by atoms with Crippen molar-refractivity contribution in [2.45, 2.75) is 26.3 Å². The van der Waals surface area contributed by atoms with E-state index in [4.69, 9.17) is 0 Å². The van der Waals surface area contributed by atoms with E-state index in [9.17, 15) is 9.18 Å². The predicted molar refractivity (Wildman–Crippen MR) is 90.3 cm³/mol. The molecule has 0 saturated carbocycles. The molecule has 0 aliphatic heterocycles. The number of fused-ring (bicyclic) bond motifs is 1. The van der Waals surface area contributed by atoms with Crippen molar-refractivity contribution in [1.29, 1.82) is 0 Å². The van der Waals surface area contributed by atoms with Gasteiger partial charge >= 0.3 is 0 Å². The molecule has 0 aliphatic rings. The molecule has 3 aromatic rings. The number of nitrogens with one attached hydrogen (secondary N) is 1. The Morgan fingerprint density at radius 1 is 1.25 bits per heavy atom. The number of aryl methyl sites for hydroxylation is 1. The second-order valence-corrected chi connectivity index (χ2v) is 5.54. The largest absolute Gasteiger partial charge is 0.352 e. The molecular formula is C18H19FN4O. The zero-order valence-electron chi connectivity index (χ0n) is 13.5. The molecule has 1 amide bonds. The maximum absolute atomic E-state index is 12.9. The second-order valence-electron chi connectivity index (χ2n) is 5.54. The van der Waals surface area contributed by atoms with Crippen LogP contribution in [0.15, 0.2) is 42.6 Å². The van der Waals surface area contributed by atoms with Crippen molar-refractivity contribution in [1.82, 2.24) is 19.9 Å². The molecule has 0 saturated heterocycles. The number of nitrogens with zero attached hydrogens (tertiary/aromatic N) is 3. The van der Waals surface area contributed by atoms with Crippen LogP contribution in [0, 0.1) is 5.82 Å². The van der Waals surface area contributed by atoms with Gasteiger partial charge in [0.15, 0.2) is 5.65 Å². The summed E-state index contributed by atoms with van der Waals surface area (Å²) in [6.07, 6.45) is 3.36. The zero-order chi connectivity index (χ0) is 16.9. The van der Waals surface area contributed by atoms with E-state index in [0.29, 0.717) is 18.5 Å². The van der Waals surface area contributed by atoms with Crippen LogP contribution in [0.25, 0.3) is 11.2 Å². The molecule has 24 heavy (non-hydrogen) atoms. The molecule has 2 aromatic heterocycles. The number of hydrogen-bond acceptors (Lipinski definition) is 3. The van der Waals surface area contributed by atoms with Crippen LogP contribution in [0.1, 0.15) is 29.5 Å². The summed E-state index contributed by atoms with van der Waals surface area (Å²) in [6.45, 7) is 3.41. The third-order valence-corrected chi connectivity index (χ3v) is 3.77. The van der Waals surface area contributed by atoms with Crippen LogP contribution >= 0.6 is 0 Å². The van der Waals surface area contributed by atoms with Gasteiger partial charge in [-0.25, -0.2) is 14.4 Å². The molecule has 0 fully saturated rings. The molecule has 0 aliphatic carbocycles. The van der Waals surface area contributed by atoms with Crippen LogP contribution in [0.4, 0.5) is 4.39 Å². The average Bonchev–Trinajstić information content (AvgIpc) is 2.94. The molecule has 1 N–H and O–H groups in total. The Bertz CT molecular complexity index is 842. The van der Waals surface area contributed by atoms with Crippen molar-refractivity contribution >= 4 is 17.1 Å². The molecule has 124 valence electrons. The third-order valence-electron chi connectivity index (χ3n) is 3.77. The standard InChI is InChI=1S/C18H19FN4O/c1-2-12-23-16(22-15-4-3-10-20-17(15)23)9-11-21-18(24)13-5-7-14(19)8-6-13/h3-8,10H,2,9,11-12H2,1H3,(H,21,24). The Morgan fingerprint density at radius 2 is 2.04 bits per heavy atom. The quantitative estimate of drug-likeness (QED) is 0.757. The van der Waals surface area contributed by atoms with Crippen LogP contribution < -0.4 is 5.32 Å². The highest BCUT2D eigenvalue weighted by Gasteiger charge is 2.11. The summed E-state index contributed by atoms with van der Waals surface area (Å²) in [5, 5.41) is 2.85. The first-order valence-corrected chi connectivity index (χ1v) is 8.03. The van der Waals surface area contributed by atoms with Gasteiger partial charge in [-0.1, -0.05) is 6.92 Å². The van der Waals surface area contributed by atoms with Crippen LogP contribution in [0.2, 0.25) is 0 Å². The first-order valence-electron chi connectivity index (χ1n) is 8.03. The van der Waals surface area contributed by atoms with Gasteiger partial charge in [-0.2, -0.15) is 0 Å². The lowest BCUT2D eigenvalue weighted by Crippen LogP contribution is -2.26. The molecule has 0 atom stereocenters. The molecule has 5 nitrogen and oxygen atoms in total. The van der Waals surface area contributed by atoms with E-state index in [-0.39, 0.29) is 11.7 Å². The Morgan fingerprint density at radius 3 is 2.79 bits per heavy atom. The number of imidazole rings is 1. The van der Waals surface area contributed by atoms with Crippen molar-refractivity contribution in [3.05, 3.63) is 59.8 Å². The molecule has 0 unspecified atom stereocenters. The lowest BCUT2D eigenvalue weighted by molar-refractivity contribution is 0.0954. The predicted octanol–water partition coefficient (Wildman–Crippen LogP) is 2.95. The van der Waals surface area contributed by atoms with Crippen LogP contribution in [-0.4, -0.2) is 27.0 Å². The lowest BCUT2D eigenvalue weighted by Gasteiger charge is -2.08. The van der Waals surface area contributed by atoms with E-state index >= 15 is 0 Å². The highest BCUT2D eigenvalue weighted by molar-refractivity contribution is 5.94. The maximum Gasteiger partial charge on any atom is 0.251 e. The van der Waals surface area contributed by atoms with Gasteiger partial charge in [-0.3, -0.25) is 4.79 Å². The van der Waals surface area contributed by atoms with Crippen molar-refractivity contribution in [3.8, 4) is 0 Å². The number of rotatable bonds is 6. The number of carbonyl (C=O) groups is 1. The molecule has 2 heterocycles. The van der Waals surface area contributed by atoms with E-state index in [2.05, 4.69) is 26.8 Å². The SMILES string of the molecule is CCCn1c(CCNC(=O)c2ccc(F)cc2)nc2cccnc21. The Hall–Kier alpha value is -2.76.